The maximum atomic E-state index is 5.21. The molecule has 0 bridgehead atoms. The summed E-state index contributed by atoms with van der Waals surface area (Å²) in [4.78, 5) is 0. The van der Waals surface area contributed by atoms with Crippen molar-refractivity contribution in [3.05, 3.63) is 82.0 Å². The molecule has 0 spiro atoms. The molecule has 0 radical (unpaired) electrons. The van der Waals surface area contributed by atoms with Crippen LogP contribution in [0.5, 0.6) is 0 Å². The molecule has 0 saturated carbocycles. The summed E-state index contributed by atoms with van der Waals surface area (Å²) in [6.45, 7) is 4.80. The Labute approximate surface area is 156 Å². The van der Waals surface area contributed by atoms with E-state index in [9.17, 15) is 0 Å². The molecule has 2 aromatic carbocycles. The number of aryl methyl sites for hydroxylation is 2. The maximum Gasteiger partial charge on any atom is 0.216 e. The molecular formula is C20H19N5S. The molecule has 0 saturated heterocycles. The first-order chi connectivity index (χ1) is 12.6. The Morgan fingerprint density at radius 1 is 1.15 bits per heavy atom. The Morgan fingerprint density at radius 2 is 2.00 bits per heavy atom. The number of aromatic nitrogens is 4. The summed E-state index contributed by atoms with van der Waals surface area (Å²) in [7, 11) is 0. The van der Waals surface area contributed by atoms with E-state index >= 15 is 0 Å². The fourth-order valence-corrected chi connectivity index (χ4v) is 3.37. The molecule has 5 nitrogen and oxygen atoms in total. The summed E-state index contributed by atoms with van der Waals surface area (Å²) >= 11 is 5.21. The van der Waals surface area contributed by atoms with Crippen LogP contribution in [0.3, 0.4) is 0 Å². The van der Waals surface area contributed by atoms with Gasteiger partial charge in [-0.15, -0.1) is 0 Å². The summed E-state index contributed by atoms with van der Waals surface area (Å²) in [5.74, 6) is 0.731. The van der Waals surface area contributed by atoms with Gasteiger partial charge in [0.15, 0.2) is 0 Å². The lowest BCUT2D eigenvalue weighted by Crippen LogP contribution is -1.98. The van der Waals surface area contributed by atoms with Gasteiger partial charge >= 0.3 is 0 Å². The van der Waals surface area contributed by atoms with Gasteiger partial charge in [0.1, 0.15) is 5.82 Å². The van der Waals surface area contributed by atoms with Crippen molar-refractivity contribution in [1.29, 1.82) is 0 Å². The van der Waals surface area contributed by atoms with Crippen molar-refractivity contribution in [2.45, 2.75) is 20.4 Å². The number of fused-ring (bicyclic) bond motifs is 1. The van der Waals surface area contributed by atoms with Crippen LogP contribution in [0.2, 0.25) is 0 Å². The van der Waals surface area contributed by atoms with E-state index in [-0.39, 0.29) is 0 Å². The summed E-state index contributed by atoms with van der Waals surface area (Å²) in [5, 5.41) is 12.5. The molecule has 0 aliphatic heterocycles. The molecule has 1 N–H and O–H groups in total. The highest BCUT2D eigenvalue weighted by Gasteiger charge is 2.08. The number of aromatic amines is 1. The summed E-state index contributed by atoms with van der Waals surface area (Å²) in [6.07, 6.45) is 3.98. The number of nitrogens with zero attached hydrogens (tertiary/aromatic N) is 4. The lowest BCUT2D eigenvalue weighted by Gasteiger charge is -2.06. The average molecular weight is 361 g/mol. The van der Waals surface area contributed by atoms with E-state index in [1.165, 1.54) is 16.6 Å². The second-order valence-corrected chi connectivity index (χ2v) is 6.74. The highest BCUT2D eigenvalue weighted by Crippen LogP contribution is 2.21. The summed E-state index contributed by atoms with van der Waals surface area (Å²) in [5.41, 5.74) is 4.78. The van der Waals surface area contributed by atoms with E-state index < -0.39 is 0 Å². The minimum absolute atomic E-state index is 0.488. The molecule has 0 unspecified atom stereocenters. The van der Waals surface area contributed by atoms with Crippen molar-refractivity contribution in [2.24, 2.45) is 5.10 Å². The first-order valence-electron chi connectivity index (χ1n) is 8.43. The smallest absolute Gasteiger partial charge is 0.216 e. The minimum Gasteiger partial charge on any atom is -0.342 e. The number of benzene rings is 2. The second kappa shape index (κ2) is 6.72. The fourth-order valence-electron chi connectivity index (χ4n) is 3.14. The van der Waals surface area contributed by atoms with Crippen molar-refractivity contribution in [1.82, 2.24) is 19.4 Å². The molecular weight excluding hydrogens is 342 g/mol. The molecule has 2 aromatic heterocycles. The molecule has 26 heavy (non-hydrogen) atoms. The third kappa shape index (κ3) is 3.11. The summed E-state index contributed by atoms with van der Waals surface area (Å²) in [6, 6.07) is 17.0. The van der Waals surface area contributed by atoms with Crippen molar-refractivity contribution in [3.63, 3.8) is 0 Å². The van der Waals surface area contributed by atoms with Crippen molar-refractivity contribution >= 4 is 29.3 Å². The van der Waals surface area contributed by atoms with Crippen molar-refractivity contribution in [2.75, 3.05) is 0 Å². The number of para-hydroxylation sites is 1. The van der Waals surface area contributed by atoms with Crippen LogP contribution in [-0.4, -0.2) is 25.7 Å². The van der Waals surface area contributed by atoms with Crippen LogP contribution >= 0.6 is 12.2 Å². The number of hydrogen-bond acceptors (Lipinski definition) is 3. The molecule has 0 atom stereocenters. The van der Waals surface area contributed by atoms with Crippen molar-refractivity contribution < 1.29 is 0 Å². The minimum atomic E-state index is 0.488. The molecule has 0 aliphatic carbocycles. The summed E-state index contributed by atoms with van der Waals surface area (Å²) < 4.78 is 4.37. The van der Waals surface area contributed by atoms with Gasteiger partial charge in [-0.05, 0) is 37.7 Å². The van der Waals surface area contributed by atoms with E-state index in [0.717, 1.165) is 23.3 Å². The Morgan fingerprint density at radius 3 is 2.77 bits per heavy atom. The van der Waals surface area contributed by atoms with E-state index in [4.69, 9.17) is 12.2 Å². The quantitative estimate of drug-likeness (QED) is 0.431. The number of nitrogens with one attached hydrogen (secondary N) is 1. The Bertz CT molecular complexity index is 1160. The van der Waals surface area contributed by atoms with E-state index in [1.54, 1.807) is 4.68 Å². The predicted octanol–water partition coefficient (Wildman–Crippen LogP) is 4.44. The molecule has 0 aliphatic rings. The molecule has 2 heterocycles. The monoisotopic (exact) mass is 361 g/mol. The van der Waals surface area contributed by atoms with Gasteiger partial charge in [-0.3, -0.25) is 5.10 Å². The third-order valence-electron chi connectivity index (χ3n) is 4.38. The number of rotatable bonds is 4. The Balaban J connectivity index is 1.75. The zero-order valence-corrected chi connectivity index (χ0v) is 15.5. The van der Waals surface area contributed by atoms with Crippen LogP contribution in [0.1, 0.15) is 22.5 Å². The Hall–Kier alpha value is -2.99. The van der Waals surface area contributed by atoms with Gasteiger partial charge < -0.3 is 4.57 Å². The van der Waals surface area contributed by atoms with Crippen LogP contribution in [0.15, 0.2) is 59.8 Å². The molecule has 4 aromatic rings. The standard InChI is InChI=1S/C20H19N5S/c1-14-6-5-7-16(10-14)12-24-13-17(18-8-3-4-9-19(18)24)11-21-25-15(2)22-23-20(25)26/h3-11,13H,12H2,1-2H3,(H,23,26)/b21-11-. The number of hydrogen-bond donors (Lipinski definition) is 1. The lowest BCUT2D eigenvalue weighted by atomic mass is 10.1. The van der Waals surface area contributed by atoms with Crippen LogP contribution in [-0.2, 0) is 6.54 Å². The average Bonchev–Trinajstić information content (AvgIpc) is 3.14. The van der Waals surface area contributed by atoms with Gasteiger partial charge in [-0.25, -0.2) is 0 Å². The first-order valence-corrected chi connectivity index (χ1v) is 8.84. The van der Waals surface area contributed by atoms with Gasteiger partial charge in [-0.1, -0.05) is 48.0 Å². The maximum absolute atomic E-state index is 5.21. The number of H-pyrrole nitrogens is 1. The van der Waals surface area contributed by atoms with Crippen LogP contribution in [0.4, 0.5) is 0 Å². The lowest BCUT2D eigenvalue weighted by molar-refractivity contribution is 0.819. The van der Waals surface area contributed by atoms with Crippen LogP contribution in [0, 0.1) is 18.6 Å². The largest absolute Gasteiger partial charge is 0.342 e. The zero-order chi connectivity index (χ0) is 18.1. The van der Waals surface area contributed by atoms with Gasteiger partial charge in [0.25, 0.3) is 0 Å². The molecule has 130 valence electrons. The van der Waals surface area contributed by atoms with E-state index in [1.807, 2.05) is 19.2 Å². The zero-order valence-electron chi connectivity index (χ0n) is 14.7. The van der Waals surface area contributed by atoms with Gasteiger partial charge in [0, 0.05) is 29.2 Å². The van der Waals surface area contributed by atoms with Gasteiger partial charge in [-0.2, -0.15) is 14.9 Å². The molecule has 0 fully saturated rings. The topological polar surface area (TPSA) is 50.9 Å². The first kappa shape index (κ1) is 16.5. The third-order valence-corrected chi connectivity index (χ3v) is 4.64. The van der Waals surface area contributed by atoms with E-state index in [0.29, 0.717) is 4.77 Å². The highest BCUT2D eigenvalue weighted by atomic mass is 32.1. The van der Waals surface area contributed by atoms with E-state index in [2.05, 4.69) is 75.5 Å². The SMILES string of the molecule is Cc1cccc(Cn2cc(/C=N\n3c(C)n[nH]c3=S)c3ccccc32)c1. The predicted molar refractivity (Wildman–Crippen MR) is 107 cm³/mol. The second-order valence-electron chi connectivity index (χ2n) is 6.35. The molecule has 4 rings (SSSR count). The molecule has 0 amide bonds. The van der Waals surface area contributed by atoms with Gasteiger partial charge in [0.05, 0.1) is 6.21 Å². The van der Waals surface area contributed by atoms with Crippen LogP contribution < -0.4 is 0 Å². The normalized spacial score (nSPS) is 11.6. The molecule has 6 heteroatoms. The fraction of sp³-hybridized carbons (Fsp3) is 0.150. The van der Waals surface area contributed by atoms with Crippen molar-refractivity contribution in [3.8, 4) is 0 Å². The van der Waals surface area contributed by atoms with Crippen LogP contribution in [0.25, 0.3) is 10.9 Å². The Kier molecular flexibility index (Phi) is 4.26. The van der Waals surface area contributed by atoms with Gasteiger partial charge in [0.2, 0.25) is 4.77 Å². The highest BCUT2D eigenvalue weighted by molar-refractivity contribution is 7.71.